The second kappa shape index (κ2) is 7.04. The molecule has 0 aromatic heterocycles. The SMILES string of the molecule is CCOCC1(C(O)c2ccc(Cl)c(Cl)c2)CCCN1C(=O)O. The zero-order chi connectivity index (χ0) is 16.3. The first-order valence-corrected chi connectivity index (χ1v) is 7.89. The van der Waals surface area contributed by atoms with Crippen molar-refractivity contribution in [3.05, 3.63) is 33.8 Å². The third kappa shape index (κ3) is 3.18. The van der Waals surface area contributed by atoms with E-state index in [1.807, 2.05) is 6.92 Å². The van der Waals surface area contributed by atoms with Crippen LogP contribution in [-0.2, 0) is 4.74 Å². The van der Waals surface area contributed by atoms with E-state index in [9.17, 15) is 15.0 Å². The van der Waals surface area contributed by atoms with E-state index in [-0.39, 0.29) is 6.61 Å². The molecule has 5 nitrogen and oxygen atoms in total. The standard InChI is InChI=1S/C15H19Cl2NO4/c1-2-22-9-15(6-3-7-18(15)14(20)21)13(19)10-4-5-11(16)12(17)8-10/h4-5,8,13,19H,2-3,6-7,9H2,1H3,(H,20,21). The van der Waals surface area contributed by atoms with Gasteiger partial charge in [-0.25, -0.2) is 4.79 Å². The number of benzene rings is 1. The number of ether oxygens (including phenoxy) is 1. The molecule has 0 bridgehead atoms. The molecule has 1 saturated heterocycles. The average molecular weight is 348 g/mol. The molecule has 7 heteroatoms. The van der Waals surface area contributed by atoms with E-state index in [0.29, 0.717) is 41.6 Å². The first-order valence-electron chi connectivity index (χ1n) is 7.13. The quantitative estimate of drug-likeness (QED) is 0.853. The van der Waals surface area contributed by atoms with Gasteiger partial charge < -0.3 is 14.9 Å². The largest absolute Gasteiger partial charge is 0.465 e. The van der Waals surface area contributed by atoms with Gasteiger partial charge >= 0.3 is 6.09 Å². The van der Waals surface area contributed by atoms with Crippen LogP contribution in [0.4, 0.5) is 4.79 Å². The Hall–Kier alpha value is -1.01. The van der Waals surface area contributed by atoms with Crippen molar-refractivity contribution in [3.63, 3.8) is 0 Å². The minimum Gasteiger partial charge on any atom is -0.465 e. The minimum absolute atomic E-state index is 0.136. The van der Waals surface area contributed by atoms with Crippen molar-refractivity contribution in [1.82, 2.24) is 4.90 Å². The van der Waals surface area contributed by atoms with Crippen LogP contribution in [0.5, 0.6) is 0 Å². The van der Waals surface area contributed by atoms with E-state index in [1.165, 1.54) is 4.90 Å². The van der Waals surface area contributed by atoms with Gasteiger partial charge in [0.05, 0.1) is 22.2 Å². The summed E-state index contributed by atoms with van der Waals surface area (Å²) in [6.07, 6.45) is -0.887. The Morgan fingerprint density at radius 3 is 2.77 bits per heavy atom. The number of likely N-dealkylation sites (tertiary alicyclic amines) is 1. The molecule has 1 amide bonds. The van der Waals surface area contributed by atoms with Crippen LogP contribution < -0.4 is 0 Å². The highest BCUT2D eigenvalue weighted by Crippen LogP contribution is 2.41. The summed E-state index contributed by atoms with van der Waals surface area (Å²) >= 11 is 11.9. The van der Waals surface area contributed by atoms with E-state index in [0.717, 1.165) is 0 Å². The summed E-state index contributed by atoms with van der Waals surface area (Å²) in [5, 5.41) is 21.0. The molecular formula is C15H19Cl2NO4. The van der Waals surface area contributed by atoms with Gasteiger partial charge in [-0.3, -0.25) is 4.90 Å². The van der Waals surface area contributed by atoms with Gasteiger partial charge in [0, 0.05) is 13.2 Å². The first kappa shape index (κ1) is 17.3. The van der Waals surface area contributed by atoms with E-state index in [1.54, 1.807) is 18.2 Å². The minimum atomic E-state index is -1.06. The van der Waals surface area contributed by atoms with Crippen molar-refractivity contribution in [2.24, 2.45) is 0 Å². The lowest BCUT2D eigenvalue weighted by Gasteiger charge is -2.40. The molecule has 0 radical (unpaired) electrons. The van der Waals surface area contributed by atoms with Gasteiger partial charge in [0.1, 0.15) is 6.10 Å². The number of aliphatic hydroxyl groups is 1. The van der Waals surface area contributed by atoms with Gasteiger partial charge in [-0.2, -0.15) is 0 Å². The lowest BCUT2D eigenvalue weighted by atomic mass is 9.85. The third-order valence-electron chi connectivity index (χ3n) is 4.08. The van der Waals surface area contributed by atoms with Crippen molar-refractivity contribution in [2.75, 3.05) is 19.8 Å². The van der Waals surface area contributed by atoms with Crippen LogP contribution in [0, 0.1) is 0 Å². The van der Waals surface area contributed by atoms with Crippen LogP contribution in [0.3, 0.4) is 0 Å². The third-order valence-corrected chi connectivity index (χ3v) is 4.82. The molecule has 0 spiro atoms. The van der Waals surface area contributed by atoms with Crippen molar-refractivity contribution in [3.8, 4) is 0 Å². The Balaban J connectivity index is 2.39. The highest BCUT2D eigenvalue weighted by atomic mass is 35.5. The number of nitrogens with zero attached hydrogens (tertiary/aromatic N) is 1. The average Bonchev–Trinajstić information content (AvgIpc) is 2.92. The molecule has 1 aromatic rings. The highest BCUT2D eigenvalue weighted by molar-refractivity contribution is 6.42. The van der Waals surface area contributed by atoms with Crippen LogP contribution in [0.25, 0.3) is 0 Å². The lowest BCUT2D eigenvalue weighted by Crippen LogP contribution is -2.54. The number of amides is 1. The molecule has 1 aliphatic rings. The second-order valence-electron chi connectivity index (χ2n) is 5.35. The van der Waals surface area contributed by atoms with Crippen molar-refractivity contribution >= 4 is 29.3 Å². The summed E-state index contributed by atoms with van der Waals surface area (Å²) in [4.78, 5) is 12.8. The van der Waals surface area contributed by atoms with Crippen LogP contribution >= 0.6 is 23.2 Å². The normalized spacial score (nSPS) is 22.8. The van der Waals surface area contributed by atoms with Gasteiger partial charge in [-0.1, -0.05) is 29.3 Å². The Morgan fingerprint density at radius 1 is 1.45 bits per heavy atom. The molecule has 0 saturated carbocycles. The summed E-state index contributed by atoms with van der Waals surface area (Å²) < 4.78 is 5.47. The maximum atomic E-state index is 11.5. The highest BCUT2D eigenvalue weighted by Gasteiger charge is 2.50. The topological polar surface area (TPSA) is 70.0 Å². The molecule has 1 fully saturated rings. The molecule has 2 rings (SSSR count). The monoisotopic (exact) mass is 347 g/mol. The Bertz CT molecular complexity index is 554. The maximum Gasteiger partial charge on any atom is 0.407 e. The van der Waals surface area contributed by atoms with E-state index in [2.05, 4.69) is 0 Å². The molecule has 122 valence electrons. The Kier molecular flexibility index (Phi) is 5.55. The molecule has 2 unspecified atom stereocenters. The van der Waals surface area contributed by atoms with Crippen LogP contribution in [0.2, 0.25) is 10.0 Å². The Labute approximate surface area is 139 Å². The van der Waals surface area contributed by atoms with E-state index < -0.39 is 17.7 Å². The molecule has 1 heterocycles. The molecule has 0 aliphatic carbocycles. The lowest BCUT2D eigenvalue weighted by molar-refractivity contribution is -0.0544. The fourth-order valence-corrected chi connectivity index (χ4v) is 3.28. The fraction of sp³-hybridized carbons (Fsp3) is 0.533. The number of hydrogen-bond donors (Lipinski definition) is 2. The maximum absolute atomic E-state index is 11.5. The molecule has 2 atom stereocenters. The van der Waals surface area contributed by atoms with E-state index in [4.69, 9.17) is 27.9 Å². The van der Waals surface area contributed by atoms with Gasteiger partial charge in [-0.05, 0) is 37.5 Å². The summed E-state index contributed by atoms with van der Waals surface area (Å²) in [6.45, 7) is 2.79. The Morgan fingerprint density at radius 2 is 2.18 bits per heavy atom. The number of rotatable bonds is 5. The van der Waals surface area contributed by atoms with Crippen molar-refractivity contribution in [2.45, 2.75) is 31.4 Å². The number of carboxylic acid groups (broad SMARTS) is 1. The van der Waals surface area contributed by atoms with Crippen molar-refractivity contribution < 1.29 is 19.7 Å². The van der Waals surface area contributed by atoms with Crippen LogP contribution in [0.1, 0.15) is 31.4 Å². The molecule has 2 N–H and O–H groups in total. The van der Waals surface area contributed by atoms with Gasteiger partial charge in [0.2, 0.25) is 0 Å². The number of hydrogen-bond acceptors (Lipinski definition) is 3. The fourth-order valence-electron chi connectivity index (χ4n) is 2.97. The van der Waals surface area contributed by atoms with Crippen molar-refractivity contribution in [1.29, 1.82) is 0 Å². The smallest absolute Gasteiger partial charge is 0.407 e. The van der Waals surface area contributed by atoms with Crippen LogP contribution in [0.15, 0.2) is 18.2 Å². The summed E-state index contributed by atoms with van der Waals surface area (Å²) in [5.41, 5.74) is -0.471. The zero-order valence-corrected chi connectivity index (χ0v) is 13.8. The zero-order valence-electron chi connectivity index (χ0n) is 12.3. The number of carbonyl (C=O) groups is 1. The molecule has 22 heavy (non-hydrogen) atoms. The number of halogens is 2. The number of aliphatic hydroxyl groups excluding tert-OH is 1. The molecular weight excluding hydrogens is 329 g/mol. The van der Waals surface area contributed by atoms with E-state index >= 15 is 0 Å². The summed E-state index contributed by atoms with van der Waals surface area (Å²) in [7, 11) is 0. The first-order chi connectivity index (χ1) is 10.4. The summed E-state index contributed by atoms with van der Waals surface area (Å²) in [6, 6.07) is 4.82. The molecule has 1 aliphatic heterocycles. The van der Waals surface area contributed by atoms with Gasteiger partial charge in [0.15, 0.2) is 0 Å². The van der Waals surface area contributed by atoms with Crippen LogP contribution in [-0.4, -0.2) is 46.5 Å². The summed E-state index contributed by atoms with van der Waals surface area (Å²) in [5.74, 6) is 0. The molecule has 1 aromatic carbocycles. The van der Waals surface area contributed by atoms with Gasteiger partial charge in [0.25, 0.3) is 0 Å². The second-order valence-corrected chi connectivity index (χ2v) is 6.17. The van der Waals surface area contributed by atoms with Gasteiger partial charge in [-0.15, -0.1) is 0 Å². The predicted octanol–water partition coefficient (Wildman–Crippen LogP) is 3.58. The predicted molar refractivity (Wildman–Crippen MR) is 84.6 cm³/mol.